The van der Waals surface area contributed by atoms with Crippen molar-refractivity contribution < 1.29 is 0 Å². The van der Waals surface area contributed by atoms with E-state index in [2.05, 4.69) is 91.9 Å². The zero-order valence-corrected chi connectivity index (χ0v) is 13.8. The molecule has 3 rings (SSSR count). The monoisotopic (exact) mass is 300 g/mol. The predicted octanol–water partition coefficient (Wildman–Crippen LogP) is 5.95. The summed E-state index contributed by atoms with van der Waals surface area (Å²) in [6.45, 7) is 2.15. The molecule has 0 amide bonds. The fraction of sp³-hybridized carbons (Fsp3) is 0.217. The maximum absolute atomic E-state index is 2.30. The van der Waals surface area contributed by atoms with Crippen LogP contribution < -0.4 is 0 Å². The van der Waals surface area contributed by atoms with Crippen molar-refractivity contribution in [3.8, 4) is 0 Å². The Morgan fingerprint density at radius 1 is 0.652 bits per heavy atom. The molecule has 0 aliphatic carbocycles. The van der Waals surface area contributed by atoms with E-state index in [1.807, 2.05) is 0 Å². The van der Waals surface area contributed by atoms with Crippen LogP contribution in [0, 0.1) is 6.92 Å². The lowest BCUT2D eigenvalue weighted by atomic mass is 9.87. The van der Waals surface area contributed by atoms with Gasteiger partial charge in [0.2, 0.25) is 0 Å². The Bertz CT molecular complexity index is 696. The summed E-state index contributed by atoms with van der Waals surface area (Å²) < 4.78 is 0. The van der Waals surface area contributed by atoms with Crippen molar-refractivity contribution in [2.45, 2.75) is 32.1 Å². The molecule has 0 N–H and O–H groups in total. The zero-order valence-electron chi connectivity index (χ0n) is 13.8. The van der Waals surface area contributed by atoms with Crippen LogP contribution in [0.25, 0.3) is 0 Å². The number of benzene rings is 3. The molecule has 3 aromatic rings. The van der Waals surface area contributed by atoms with Gasteiger partial charge >= 0.3 is 0 Å². The summed E-state index contributed by atoms with van der Waals surface area (Å²) in [6.07, 6.45) is 3.42. The molecule has 1 unspecified atom stereocenters. The van der Waals surface area contributed by atoms with Crippen LogP contribution in [0.5, 0.6) is 0 Å². The predicted molar refractivity (Wildman–Crippen MR) is 98.8 cm³/mol. The number of aryl methyl sites for hydroxylation is 2. The lowest BCUT2D eigenvalue weighted by molar-refractivity contribution is 0.621. The van der Waals surface area contributed by atoms with E-state index < -0.39 is 0 Å². The van der Waals surface area contributed by atoms with Gasteiger partial charge in [0.05, 0.1) is 0 Å². The largest absolute Gasteiger partial charge is 0.0622 e. The topological polar surface area (TPSA) is 0 Å². The maximum atomic E-state index is 2.30. The summed E-state index contributed by atoms with van der Waals surface area (Å²) in [6, 6.07) is 30.7. The van der Waals surface area contributed by atoms with E-state index in [1.54, 1.807) is 0 Å². The Balaban J connectivity index is 1.76. The van der Waals surface area contributed by atoms with Gasteiger partial charge in [-0.05, 0) is 48.8 Å². The Morgan fingerprint density at radius 3 is 1.83 bits per heavy atom. The minimum absolute atomic E-state index is 0.568. The molecule has 0 bridgehead atoms. The maximum Gasteiger partial charge on any atom is -0.0118 e. The van der Waals surface area contributed by atoms with Crippen LogP contribution in [-0.4, -0.2) is 0 Å². The lowest BCUT2D eigenvalue weighted by Gasteiger charge is -2.18. The molecule has 116 valence electrons. The number of hydrogen-bond acceptors (Lipinski definition) is 0. The van der Waals surface area contributed by atoms with Gasteiger partial charge < -0.3 is 0 Å². The highest BCUT2D eigenvalue weighted by atomic mass is 14.2. The van der Waals surface area contributed by atoms with Crippen LogP contribution in [0.3, 0.4) is 0 Å². The molecule has 0 aromatic heterocycles. The molecule has 0 heteroatoms. The molecule has 23 heavy (non-hydrogen) atoms. The molecule has 0 spiro atoms. The van der Waals surface area contributed by atoms with E-state index in [-0.39, 0.29) is 0 Å². The Hall–Kier alpha value is -2.34. The molecule has 0 saturated carbocycles. The quantitative estimate of drug-likeness (QED) is 0.527. The Morgan fingerprint density at radius 2 is 1.22 bits per heavy atom. The average molecular weight is 300 g/mol. The first-order valence-corrected chi connectivity index (χ1v) is 8.46. The van der Waals surface area contributed by atoms with Gasteiger partial charge in [0, 0.05) is 0 Å². The van der Waals surface area contributed by atoms with Gasteiger partial charge in [-0.3, -0.25) is 0 Å². The van der Waals surface area contributed by atoms with E-state index in [0.29, 0.717) is 5.92 Å². The molecule has 0 fully saturated rings. The molecule has 0 radical (unpaired) electrons. The van der Waals surface area contributed by atoms with E-state index in [1.165, 1.54) is 28.7 Å². The molecule has 0 heterocycles. The normalized spacial score (nSPS) is 12.0. The summed E-state index contributed by atoms with van der Waals surface area (Å²) in [7, 11) is 0. The van der Waals surface area contributed by atoms with Gasteiger partial charge in [0.15, 0.2) is 0 Å². The summed E-state index contributed by atoms with van der Waals surface area (Å²) in [5.41, 5.74) is 5.63. The van der Waals surface area contributed by atoms with Crippen molar-refractivity contribution in [2.24, 2.45) is 0 Å². The van der Waals surface area contributed by atoms with Crippen molar-refractivity contribution >= 4 is 0 Å². The van der Waals surface area contributed by atoms with Crippen LogP contribution in [-0.2, 0) is 12.8 Å². The second kappa shape index (κ2) is 7.78. The highest BCUT2D eigenvalue weighted by Crippen LogP contribution is 2.26. The van der Waals surface area contributed by atoms with Gasteiger partial charge in [-0.2, -0.15) is 0 Å². The second-order valence-electron chi connectivity index (χ2n) is 6.32. The van der Waals surface area contributed by atoms with Crippen LogP contribution >= 0.6 is 0 Å². The van der Waals surface area contributed by atoms with Crippen molar-refractivity contribution in [3.05, 3.63) is 107 Å². The van der Waals surface area contributed by atoms with Crippen molar-refractivity contribution in [1.82, 2.24) is 0 Å². The SMILES string of the molecule is Cc1ccc(C(CCc2ccccc2)Cc2ccccc2)cc1. The summed E-state index contributed by atoms with van der Waals surface area (Å²) in [4.78, 5) is 0. The third-order valence-electron chi connectivity index (χ3n) is 4.50. The van der Waals surface area contributed by atoms with Gasteiger partial charge in [-0.25, -0.2) is 0 Å². The molecule has 1 atom stereocenters. The third-order valence-corrected chi connectivity index (χ3v) is 4.50. The molecule has 0 aliphatic rings. The number of hydrogen-bond donors (Lipinski definition) is 0. The van der Waals surface area contributed by atoms with Crippen molar-refractivity contribution in [1.29, 1.82) is 0 Å². The average Bonchev–Trinajstić information content (AvgIpc) is 2.61. The Kier molecular flexibility index (Phi) is 5.26. The first-order chi connectivity index (χ1) is 11.3. The fourth-order valence-electron chi connectivity index (χ4n) is 3.11. The molecule has 0 nitrogen and oxygen atoms in total. The van der Waals surface area contributed by atoms with Gasteiger partial charge in [0.1, 0.15) is 0 Å². The zero-order chi connectivity index (χ0) is 15.9. The molecule has 0 aliphatic heterocycles. The summed E-state index contributed by atoms with van der Waals surface area (Å²) in [5.74, 6) is 0.568. The highest BCUT2D eigenvalue weighted by molar-refractivity contribution is 5.28. The molecule has 3 aromatic carbocycles. The summed E-state index contributed by atoms with van der Waals surface area (Å²) in [5, 5.41) is 0. The molecular formula is C23H24. The fourth-order valence-corrected chi connectivity index (χ4v) is 3.11. The van der Waals surface area contributed by atoms with Gasteiger partial charge in [-0.15, -0.1) is 0 Å². The van der Waals surface area contributed by atoms with E-state index in [9.17, 15) is 0 Å². The minimum atomic E-state index is 0.568. The van der Waals surface area contributed by atoms with E-state index in [4.69, 9.17) is 0 Å². The summed E-state index contributed by atoms with van der Waals surface area (Å²) >= 11 is 0. The first-order valence-electron chi connectivity index (χ1n) is 8.46. The smallest absolute Gasteiger partial charge is 0.0118 e. The number of rotatable bonds is 6. The standard InChI is InChI=1S/C23H24/c1-19-12-15-22(16-13-19)23(18-21-10-6-3-7-11-21)17-14-20-8-4-2-5-9-20/h2-13,15-16,23H,14,17-18H2,1H3. The van der Waals surface area contributed by atoms with Gasteiger partial charge in [0.25, 0.3) is 0 Å². The van der Waals surface area contributed by atoms with Crippen molar-refractivity contribution in [2.75, 3.05) is 0 Å². The second-order valence-corrected chi connectivity index (χ2v) is 6.32. The van der Waals surface area contributed by atoms with Crippen LogP contribution in [0.2, 0.25) is 0 Å². The van der Waals surface area contributed by atoms with Crippen LogP contribution in [0.15, 0.2) is 84.9 Å². The lowest BCUT2D eigenvalue weighted by Crippen LogP contribution is -2.05. The van der Waals surface area contributed by atoms with E-state index >= 15 is 0 Å². The Labute approximate surface area is 139 Å². The van der Waals surface area contributed by atoms with Crippen LogP contribution in [0.1, 0.15) is 34.6 Å². The van der Waals surface area contributed by atoms with Crippen molar-refractivity contribution in [3.63, 3.8) is 0 Å². The first kappa shape index (κ1) is 15.6. The molecule has 0 saturated heterocycles. The van der Waals surface area contributed by atoms with Crippen LogP contribution in [0.4, 0.5) is 0 Å². The minimum Gasteiger partial charge on any atom is -0.0622 e. The van der Waals surface area contributed by atoms with Gasteiger partial charge in [-0.1, -0.05) is 90.5 Å². The third kappa shape index (κ3) is 4.56. The highest BCUT2D eigenvalue weighted by Gasteiger charge is 2.12. The van der Waals surface area contributed by atoms with E-state index in [0.717, 1.165) is 12.8 Å². The molecular weight excluding hydrogens is 276 g/mol.